The molecule has 0 aliphatic carbocycles. The molecule has 0 saturated carbocycles. The molecule has 106 valence electrons. The maximum absolute atomic E-state index is 9.08. The van der Waals surface area contributed by atoms with E-state index >= 15 is 0 Å². The van der Waals surface area contributed by atoms with Gasteiger partial charge in [-0.25, -0.2) is 4.68 Å². The van der Waals surface area contributed by atoms with Crippen molar-refractivity contribution >= 4 is 0 Å². The van der Waals surface area contributed by atoms with Crippen molar-refractivity contribution in [2.75, 3.05) is 0 Å². The highest BCUT2D eigenvalue weighted by Crippen LogP contribution is 2.19. The van der Waals surface area contributed by atoms with E-state index in [9.17, 15) is 0 Å². The van der Waals surface area contributed by atoms with Crippen LogP contribution in [0.2, 0.25) is 0 Å². The molecule has 0 amide bonds. The van der Waals surface area contributed by atoms with Crippen LogP contribution in [0, 0.1) is 0 Å². The van der Waals surface area contributed by atoms with Gasteiger partial charge >= 0.3 is 0 Å². The van der Waals surface area contributed by atoms with Crippen LogP contribution >= 0.6 is 0 Å². The first-order valence-corrected chi connectivity index (χ1v) is 6.63. The second kappa shape index (κ2) is 5.87. The number of hydrogen-bond acceptors (Lipinski definition) is 4. The van der Waals surface area contributed by atoms with E-state index in [1.807, 2.05) is 36.5 Å². The highest BCUT2D eigenvalue weighted by atomic mass is 16.5. The van der Waals surface area contributed by atoms with Gasteiger partial charge in [0.05, 0.1) is 12.7 Å². The lowest BCUT2D eigenvalue weighted by atomic mass is 10.1. The SMILES string of the molecule is OC(O)c1ccc(-c2cn(Cc3ccccc3)nn2)cc1. The Hall–Kier alpha value is -2.50. The standard InChI is InChI=1S/C16H15N3O2/c20-16(21)14-8-6-13(7-9-14)15-11-19(18-17-15)10-12-4-2-1-3-5-12/h1-9,11,16,20-21H,10H2. The number of rotatable bonds is 4. The first-order valence-electron chi connectivity index (χ1n) is 6.63. The van der Waals surface area contributed by atoms with Gasteiger partial charge < -0.3 is 10.2 Å². The molecule has 0 aliphatic heterocycles. The van der Waals surface area contributed by atoms with E-state index in [1.54, 1.807) is 28.9 Å². The van der Waals surface area contributed by atoms with Crippen molar-refractivity contribution in [3.8, 4) is 11.3 Å². The monoisotopic (exact) mass is 281 g/mol. The van der Waals surface area contributed by atoms with E-state index < -0.39 is 6.29 Å². The van der Waals surface area contributed by atoms with Crippen LogP contribution in [0.1, 0.15) is 17.4 Å². The Balaban J connectivity index is 1.78. The van der Waals surface area contributed by atoms with Crippen LogP contribution in [0.15, 0.2) is 60.8 Å². The topological polar surface area (TPSA) is 71.2 Å². The summed E-state index contributed by atoms with van der Waals surface area (Å²) in [6.07, 6.45) is 0.421. The summed E-state index contributed by atoms with van der Waals surface area (Å²) in [7, 11) is 0. The second-order valence-electron chi connectivity index (χ2n) is 4.78. The number of benzene rings is 2. The van der Waals surface area contributed by atoms with Gasteiger partial charge in [0, 0.05) is 11.1 Å². The molecule has 21 heavy (non-hydrogen) atoms. The van der Waals surface area contributed by atoms with Crippen molar-refractivity contribution in [1.29, 1.82) is 0 Å². The van der Waals surface area contributed by atoms with Gasteiger partial charge in [0.25, 0.3) is 0 Å². The van der Waals surface area contributed by atoms with Crippen molar-refractivity contribution in [3.05, 3.63) is 71.9 Å². The first-order chi connectivity index (χ1) is 10.2. The van der Waals surface area contributed by atoms with Crippen molar-refractivity contribution in [1.82, 2.24) is 15.0 Å². The van der Waals surface area contributed by atoms with Crippen LogP contribution in [-0.4, -0.2) is 25.2 Å². The van der Waals surface area contributed by atoms with Crippen molar-refractivity contribution in [3.63, 3.8) is 0 Å². The zero-order valence-electron chi connectivity index (χ0n) is 11.3. The number of aliphatic hydroxyl groups is 2. The predicted octanol–water partition coefficient (Wildman–Crippen LogP) is 1.98. The van der Waals surface area contributed by atoms with E-state index in [-0.39, 0.29) is 0 Å². The molecule has 0 fully saturated rings. The average molecular weight is 281 g/mol. The minimum absolute atomic E-state index is 0.454. The second-order valence-corrected chi connectivity index (χ2v) is 4.78. The first kappa shape index (κ1) is 13.5. The van der Waals surface area contributed by atoms with Crippen molar-refractivity contribution in [2.24, 2.45) is 0 Å². The molecule has 2 aromatic carbocycles. The van der Waals surface area contributed by atoms with Gasteiger partial charge in [0.2, 0.25) is 0 Å². The molecule has 0 unspecified atom stereocenters. The van der Waals surface area contributed by atoms with Gasteiger partial charge in [-0.3, -0.25) is 0 Å². The summed E-state index contributed by atoms with van der Waals surface area (Å²) in [5, 5.41) is 26.4. The van der Waals surface area contributed by atoms with E-state index in [0.29, 0.717) is 12.1 Å². The highest BCUT2D eigenvalue weighted by Gasteiger charge is 2.06. The number of hydrogen-bond donors (Lipinski definition) is 2. The quantitative estimate of drug-likeness (QED) is 0.717. The van der Waals surface area contributed by atoms with Crippen molar-refractivity contribution < 1.29 is 10.2 Å². The largest absolute Gasteiger partial charge is 0.364 e. The fraction of sp³-hybridized carbons (Fsp3) is 0.125. The Morgan fingerprint density at radius 2 is 1.67 bits per heavy atom. The molecule has 3 aromatic rings. The van der Waals surface area contributed by atoms with Crippen LogP contribution in [0.4, 0.5) is 0 Å². The van der Waals surface area contributed by atoms with E-state index in [2.05, 4.69) is 10.3 Å². The fourth-order valence-corrected chi connectivity index (χ4v) is 2.10. The number of nitrogens with zero attached hydrogens (tertiary/aromatic N) is 3. The van der Waals surface area contributed by atoms with Crippen LogP contribution in [0.25, 0.3) is 11.3 Å². The zero-order chi connectivity index (χ0) is 14.7. The molecule has 0 spiro atoms. The molecule has 3 rings (SSSR count). The molecule has 0 atom stereocenters. The summed E-state index contributed by atoms with van der Waals surface area (Å²) in [4.78, 5) is 0. The Bertz CT molecular complexity index is 706. The van der Waals surface area contributed by atoms with E-state index in [1.165, 1.54) is 0 Å². The lowest BCUT2D eigenvalue weighted by molar-refractivity contribution is -0.0424. The Morgan fingerprint density at radius 3 is 2.33 bits per heavy atom. The smallest absolute Gasteiger partial charge is 0.178 e. The Morgan fingerprint density at radius 1 is 0.952 bits per heavy atom. The van der Waals surface area contributed by atoms with Crippen LogP contribution in [0.5, 0.6) is 0 Å². The zero-order valence-corrected chi connectivity index (χ0v) is 11.3. The van der Waals surface area contributed by atoms with Crippen LogP contribution in [0.3, 0.4) is 0 Å². The molecular formula is C16H15N3O2. The molecule has 1 aromatic heterocycles. The maximum atomic E-state index is 9.08. The fourth-order valence-electron chi connectivity index (χ4n) is 2.10. The lowest BCUT2D eigenvalue weighted by Crippen LogP contribution is -1.99. The van der Waals surface area contributed by atoms with Crippen molar-refractivity contribution in [2.45, 2.75) is 12.8 Å². The highest BCUT2D eigenvalue weighted by molar-refractivity contribution is 5.58. The van der Waals surface area contributed by atoms with Crippen LogP contribution < -0.4 is 0 Å². The maximum Gasteiger partial charge on any atom is 0.178 e. The third-order valence-corrected chi connectivity index (χ3v) is 3.23. The lowest BCUT2D eigenvalue weighted by Gasteiger charge is -2.03. The summed E-state index contributed by atoms with van der Waals surface area (Å²) in [5.41, 5.74) is 3.26. The molecule has 5 nitrogen and oxygen atoms in total. The molecular weight excluding hydrogens is 266 g/mol. The molecule has 1 heterocycles. The normalized spacial score (nSPS) is 11.0. The predicted molar refractivity (Wildman–Crippen MR) is 78.2 cm³/mol. The number of aliphatic hydroxyl groups excluding tert-OH is 1. The molecule has 0 aliphatic rings. The molecule has 2 N–H and O–H groups in total. The summed E-state index contributed by atoms with van der Waals surface area (Å²) in [6, 6.07) is 17.0. The van der Waals surface area contributed by atoms with E-state index in [4.69, 9.17) is 10.2 Å². The summed E-state index contributed by atoms with van der Waals surface area (Å²) in [6.45, 7) is 0.668. The molecule has 5 heteroatoms. The Labute approximate surface area is 122 Å². The summed E-state index contributed by atoms with van der Waals surface area (Å²) >= 11 is 0. The molecule has 0 radical (unpaired) electrons. The van der Waals surface area contributed by atoms with E-state index in [0.717, 1.165) is 16.8 Å². The third kappa shape index (κ3) is 3.16. The van der Waals surface area contributed by atoms with Gasteiger partial charge in [-0.1, -0.05) is 59.8 Å². The van der Waals surface area contributed by atoms with Gasteiger partial charge in [-0.2, -0.15) is 0 Å². The minimum Gasteiger partial charge on any atom is -0.364 e. The number of aromatic nitrogens is 3. The van der Waals surface area contributed by atoms with Gasteiger partial charge in [-0.15, -0.1) is 5.10 Å². The molecule has 0 bridgehead atoms. The summed E-state index contributed by atoms with van der Waals surface area (Å²) in [5.74, 6) is 0. The van der Waals surface area contributed by atoms with Crippen LogP contribution in [-0.2, 0) is 6.54 Å². The molecule has 0 saturated heterocycles. The average Bonchev–Trinajstić information content (AvgIpc) is 2.97. The van der Waals surface area contributed by atoms with Gasteiger partial charge in [0.1, 0.15) is 5.69 Å². The minimum atomic E-state index is -1.45. The van der Waals surface area contributed by atoms with Gasteiger partial charge in [0.15, 0.2) is 6.29 Å². The summed E-state index contributed by atoms with van der Waals surface area (Å²) < 4.78 is 1.78. The third-order valence-electron chi connectivity index (χ3n) is 3.23. The Kier molecular flexibility index (Phi) is 3.77. The van der Waals surface area contributed by atoms with Gasteiger partial charge in [-0.05, 0) is 5.56 Å².